The van der Waals surface area contributed by atoms with Gasteiger partial charge in [-0.15, -0.1) is 0 Å². The van der Waals surface area contributed by atoms with E-state index in [2.05, 4.69) is 5.32 Å². The predicted octanol–water partition coefficient (Wildman–Crippen LogP) is 4.94. The molecule has 1 fully saturated rings. The zero-order chi connectivity index (χ0) is 25.8. The van der Waals surface area contributed by atoms with Gasteiger partial charge in [0.2, 0.25) is 0 Å². The summed E-state index contributed by atoms with van der Waals surface area (Å²) in [4.78, 5) is 33.5. The molecule has 36 heavy (non-hydrogen) atoms. The summed E-state index contributed by atoms with van der Waals surface area (Å²) < 4.78 is 7.60. The van der Waals surface area contributed by atoms with Crippen molar-refractivity contribution in [2.24, 2.45) is 0 Å². The highest BCUT2D eigenvalue weighted by Gasteiger charge is 2.32. The maximum Gasteiger partial charge on any atom is 0.267 e. The van der Waals surface area contributed by atoms with Crippen LogP contribution in [-0.4, -0.2) is 43.8 Å². The minimum Gasteiger partial charge on any atom is -0.379 e. The van der Waals surface area contributed by atoms with Crippen LogP contribution in [0.4, 0.5) is 5.82 Å². The number of fused-ring (bicyclic) bond motifs is 1. The molecule has 0 bridgehead atoms. The minimum absolute atomic E-state index is 0.161. The van der Waals surface area contributed by atoms with E-state index in [0.29, 0.717) is 46.0 Å². The Bertz CT molecular complexity index is 1380. The second-order valence-electron chi connectivity index (χ2n) is 9.07. The molecule has 1 saturated heterocycles. The maximum absolute atomic E-state index is 13.5. The summed E-state index contributed by atoms with van der Waals surface area (Å²) in [6.07, 6.45) is 4.29. The van der Waals surface area contributed by atoms with Gasteiger partial charge in [0.15, 0.2) is 0 Å². The third-order valence-electron chi connectivity index (χ3n) is 5.68. The number of aryl methyl sites for hydroxylation is 2. The Morgan fingerprint density at radius 1 is 1.11 bits per heavy atom. The van der Waals surface area contributed by atoms with Crippen LogP contribution in [0.5, 0.6) is 0 Å². The van der Waals surface area contributed by atoms with E-state index < -0.39 is 0 Å². The summed E-state index contributed by atoms with van der Waals surface area (Å²) in [5, 5.41) is 3.27. The number of aromatic nitrogens is 2. The molecule has 1 aromatic carbocycles. The highest BCUT2D eigenvalue weighted by molar-refractivity contribution is 8.26. The molecule has 0 atom stereocenters. The number of hydrogen-bond acceptors (Lipinski definition) is 7. The first kappa shape index (κ1) is 26.1. The molecule has 3 heterocycles. The van der Waals surface area contributed by atoms with Gasteiger partial charge in [0, 0.05) is 19.3 Å². The molecule has 2 aromatic heterocycles. The third kappa shape index (κ3) is 6.03. The van der Waals surface area contributed by atoms with Crippen molar-refractivity contribution in [3.8, 4) is 0 Å². The summed E-state index contributed by atoms with van der Waals surface area (Å²) in [6, 6.07) is 11.7. The number of pyridine rings is 1. The molecule has 1 aliphatic rings. The second-order valence-corrected chi connectivity index (χ2v) is 10.7. The number of amides is 1. The van der Waals surface area contributed by atoms with Crippen LogP contribution in [0.25, 0.3) is 11.7 Å². The summed E-state index contributed by atoms with van der Waals surface area (Å²) in [7, 11) is 0. The average Bonchev–Trinajstić information content (AvgIpc) is 3.10. The lowest BCUT2D eigenvalue weighted by atomic mass is 10.1. The van der Waals surface area contributed by atoms with Crippen LogP contribution in [-0.2, 0) is 16.1 Å². The first-order valence-corrected chi connectivity index (χ1v) is 13.1. The first-order chi connectivity index (χ1) is 17.2. The average molecular weight is 523 g/mol. The minimum atomic E-state index is -0.242. The molecule has 0 radical (unpaired) electrons. The van der Waals surface area contributed by atoms with Crippen molar-refractivity contribution in [2.45, 2.75) is 46.8 Å². The number of carbonyl (C=O) groups is 1. The molecule has 0 aliphatic carbocycles. The smallest absolute Gasteiger partial charge is 0.267 e. The van der Waals surface area contributed by atoms with Crippen LogP contribution in [0, 0.1) is 13.8 Å². The molecular weight excluding hydrogens is 492 g/mol. The number of hydrogen-bond donors (Lipinski definition) is 1. The number of carbonyl (C=O) groups excluding carboxylic acids is 1. The van der Waals surface area contributed by atoms with Crippen LogP contribution in [0.15, 0.2) is 52.3 Å². The van der Waals surface area contributed by atoms with E-state index in [0.717, 1.165) is 23.1 Å². The SMILES string of the molecule is Cc1ccc(CN2C(=O)C(=Cc3c(NCCCOC(C)C)nc4ccc(C)cn4c3=O)SC2=S)cc1. The number of nitrogens with zero attached hydrogens (tertiary/aromatic N) is 3. The van der Waals surface area contributed by atoms with E-state index in [-0.39, 0.29) is 17.6 Å². The Labute approximate surface area is 220 Å². The van der Waals surface area contributed by atoms with Crippen molar-refractivity contribution in [2.75, 3.05) is 18.5 Å². The quantitative estimate of drug-likeness (QED) is 0.242. The molecule has 3 aromatic rings. The van der Waals surface area contributed by atoms with Crippen molar-refractivity contribution in [3.63, 3.8) is 0 Å². The number of thiocarbonyl (C=S) groups is 1. The van der Waals surface area contributed by atoms with Crippen LogP contribution in [0.1, 0.15) is 42.5 Å². The topological polar surface area (TPSA) is 75.9 Å². The molecule has 0 saturated carbocycles. The lowest BCUT2D eigenvalue weighted by molar-refractivity contribution is -0.122. The van der Waals surface area contributed by atoms with Crippen LogP contribution in [0.2, 0.25) is 0 Å². The standard InChI is InChI=1S/C27H30N4O3S2/c1-17(2)34-13-5-12-28-24-21(25(32)30-15-19(4)8-11-23(30)29-24)14-22-26(33)31(27(35)36-22)16-20-9-6-18(3)7-10-20/h6-11,14-15,17,28H,5,12-13,16H2,1-4H3. The lowest BCUT2D eigenvalue weighted by Gasteiger charge is -2.14. The number of benzene rings is 1. The van der Waals surface area contributed by atoms with Gasteiger partial charge in [0.1, 0.15) is 15.8 Å². The van der Waals surface area contributed by atoms with Crippen molar-refractivity contribution < 1.29 is 9.53 Å². The molecule has 1 amide bonds. The molecule has 0 spiro atoms. The second kappa shape index (κ2) is 11.4. The number of ether oxygens (including phenoxy) is 1. The van der Waals surface area contributed by atoms with Crippen molar-refractivity contribution in [1.82, 2.24) is 14.3 Å². The molecule has 1 aliphatic heterocycles. The van der Waals surface area contributed by atoms with Crippen LogP contribution in [0.3, 0.4) is 0 Å². The largest absolute Gasteiger partial charge is 0.379 e. The van der Waals surface area contributed by atoms with Crippen LogP contribution >= 0.6 is 24.0 Å². The van der Waals surface area contributed by atoms with E-state index in [1.54, 1.807) is 17.2 Å². The van der Waals surface area contributed by atoms with Gasteiger partial charge >= 0.3 is 0 Å². The Morgan fingerprint density at radius 2 is 1.83 bits per heavy atom. The molecule has 0 unspecified atom stereocenters. The molecule has 9 heteroatoms. The van der Waals surface area contributed by atoms with Crippen LogP contribution < -0.4 is 10.9 Å². The molecule has 7 nitrogen and oxygen atoms in total. The normalized spacial score (nSPS) is 15.0. The molecular formula is C27H30N4O3S2. The van der Waals surface area contributed by atoms with Gasteiger partial charge in [0.25, 0.3) is 11.5 Å². The van der Waals surface area contributed by atoms with E-state index >= 15 is 0 Å². The van der Waals surface area contributed by atoms with E-state index in [1.165, 1.54) is 16.2 Å². The Hall–Kier alpha value is -3.01. The van der Waals surface area contributed by atoms with E-state index in [9.17, 15) is 9.59 Å². The molecule has 188 valence electrons. The van der Waals surface area contributed by atoms with Crippen molar-refractivity contribution in [3.05, 3.63) is 80.1 Å². The Kier molecular flexibility index (Phi) is 8.23. The number of rotatable bonds is 9. The fourth-order valence-electron chi connectivity index (χ4n) is 3.77. The number of anilines is 1. The van der Waals surface area contributed by atoms with Gasteiger partial charge < -0.3 is 10.1 Å². The Balaban J connectivity index is 1.65. The summed E-state index contributed by atoms with van der Waals surface area (Å²) in [5.41, 5.74) is 3.71. The monoisotopic (exact) mass is 522 g/mol. The Morgan fingerprint density at radius 3 is 2.56 bits per heavy atom. The van der Waals surface area contributed by atoms with Gasteiger partial charge in [0.05, 0.1) is 23.1 Å². The number of thioether (sulfide) groups is 1. The summed E-state index contributed by atoms with van der Waals surface area (Å²) >= 11 is 6.72. The first-order valence-electron chi connectivity index (χ1n) is 11.9. The third-order valence-corrected chi connectivity index (χ3v) is 7.06. The predicted molar refractivity (Wildman–Crippen MR) is 150 cm³/mol. The number of nitrogens with one attached hydrogen (secondary N) is 1. The van der Waals surface area contributed by atoms with Crippen molar-refractivity contribution in [1.29, 1.82) is 0 Å². The van der Waals surface area contributed by atoms with E-state index in [4.69, 9.17) is 21.9 Å². The van der Waals surface area contributed by atoms with E-state index in [1.807, 2.05) is 64.1 Å². The maximum atomic E-state index is 13.5. The molecule has 4 rings (SSSR count). The fourth-order valence-corrected chi connectivity index (χ4v) is 5.00. The van der Waals surface area contributed by atoms with Gasteiger partial charge in [-0.3, -0.25) is 18.9 Å². The summed E-state index contributed by atoms with van der Waals surface area (Å²) in [6.45, 7) is 9.50. The summed E-state index contributed by atoms with van der Waals surface area (Å²) in [5.74, 6) is 0.229. The fraction of sp³-hybridized carbons (Fsp3) is 0.333. The zero-order valence-electron chi connectivity index (χ0n) is 20.9. The van der Waals surface area contributed by atoms with Crippen molar-refractivity contribution >= 4 is 51.7 Å². The van der Waals surface area contributed by atoms with Gasteiger partial charge in [-0.25, -0.2) is 4.98 Å². The molecule has 1 N–H and O–H groups in total. The van der Waals surface area contributed by atoms with Gasteiger partial charge in [-0.05, 0) is 57.4 Å². The highest BCUT2D eigenvalue weighted by Crippen LogP contribution is 2.34. The van der Waals surface area contributed by atoms with Gasteiger partial charge in [-0.1, -0.05) is 59.9 Å². The zero-order valence-corrected chi connectivity index (χ0v) is 22.5. The highest BCUT2D eigenvalue weighted by atomic mass is 32.2. The van der Waals surface area contributed by atoms with Gasteiger partial charge in [-0.2, -0.15) is 0 Å². The lowest BCUT2D eigenvalue weighted by Crippen LogP contribution is -2.27.